The van der Waals surface area contributed by atoms with Crippen molar-refractivity contribution in [2.24, 2.45) is 0 Å². The number of carboxylic acid groups (broad SMARTS) is 1. The highest BCUT2D eigenvalue weighted by Crippen LogP contribution is 2.29. The Morgan fingerprint density at radius 2 is 1.58 bits per heavy atom. The topological polar surface area (TPSA) is 54.1 Å². The van der Waals surface area contributed by atoms with Gasteiger partial charge >= 0.3 is 5.97 Å². The average molecular weight is 315 g/mol. The van der Waals surface area contributed by atoms with Crippen LogP contribution in [0.15, 0.2) is 73.1 Å². The number of aromatic nitrogens is 2. The third-order valence-corrected chi connectivity index (χ3v) is 4.14. The summed E-state index contributed by atoms with van der Waals surface area (Å²) in [5.41, 5.74) is 1.62. The Balaban J connectivity index is 2.12. The van der Waals surface area contributed by atoms with Gasteiger partial charge in [0.25, 0.3) is 0 Å². The van der Waals surface area contributed by atoms with Crippen LogP contribution in [-0.4, -0.2) is 16.1 Å². The monoisotopic (exact) mass is 315 g/mol. The zero-order valence-electron chi connectivity index (χ0n) is 12.9. The first-order chi connectivity index (χ1) is 11.7. The van der Waals surface area contributed by atoms with Crippen LogP contribution in [0.5, 0.6) is 0 Å². The van der Waals surface area contributed by atoms with Crippen LogP contribution < -0.4 is 4.57 Å². The number of nitrogens with zero attached hydrogens (tertiary/aromatic N) is 2. The van der Waals surface area contributed by atoms with E-state index in [0.29, 0.717) is 0 Å². The third kappa shape index (κ3) is 2.38. The Morgan fingerprint density at radius 1 is 0.917 bits per heavy atom. The normalized spacial score (nSPS) is 11.0. The molecule has 0 spiro atoms. The van der Waals surface area contributed by atoms with Crippen molar-refractivity contribution in [2.75, 3.05) is 0 Å². The van der Waals surface area contributed by atoms with Gasteiger partial charge in [-0.2, -0.15) is 4.57 Å². The summed E-state index contributed by atoms with van der Waals surface area (Å²) >= 11 is 0. The number of hydrogen-bond donors (Lipinski definition) is 1. The Labute approximate surface area is 138 Å². The van der Waals surface area contributed by atoms with Gasteiger partial charge in [0.05, 0.1) is 5.39 Å². The lowest BCUT2D eigenvalue weighted by Gasteiger charge is -2.08. The maximum Gasteiger partial charge on any atom is 0.370 e. The van der Waals surface area contributed by atoms with E-state index in [-0.39, 0.29) is 6.54 Å². The largest absolute Gasteiger partial charge is 0.477 e. The van der Waals surface area contributed by atoms with Gasteiger partial charge in [-0.25, -0.2) is 9.78 Å². The van der Waals surface area contributed by atoms with Crippen molar-refractivity contribution in [1.29, 1.82) is 0 Å². The molecule has 0 aliphatic rings. The summed E-state index contributed by atoms with van der Waals surface area (Å²) in [6.07, 6.45) is 3.58. The molecular weight excluding hydrogens is 300 g/mol. The fourth-order valence-corrected chi connectivity index (χ4v) is 3.11. The molecule has 4 rings (SSSR count). The molecule has 4 aromatic rings. The summed E-state index contributed by atoms with van der Waals surface area (Å²) in [7, 11) is 0. The smallest absolute Gasteiger partial charge is 0.370 e. The molecule has 0 radical (unpaired) electrons. The molecule has 2 heterocycles. The second-order valence-electron chi connectivity index (χ2n) is 5.65. The lowest BCUT2D eigenvalue weighted by Crippen LogP contribution is -2.40. The van der Waals surface area contributed by atoms with Crippen LogP contribution in [0.2, 0.25) is 0 Å². The first-order valence-electron chi connectivity index (χ1n) is 7.71. The van der Waals surface area contributed by atoms with E-state index in [1.54, 1.807) is 10.8 Å². The van der Waals surface area contributed by atoms with Gasteiger partial charge in [-0.3, -0.25) is 0 Å². The van der Waals surface area contributed by atoms with Crippen LogP contribution in [0.25, 0.3) is 32.9 Å². The van der Waals surface area contributed by atoms with E-state index in [2.05, 4.69) is 4.98 Å². The number of hydrogen-bond acceptors (Lipinski definition) is 2. The summed E-state index contributed by atoms with van der Waals surface area (Å²) in [5, 5.41) is 13.4. The number of benzene rings is 2. The zero-order valence-corrected chi connectivity index (χ0v) is 12.9. The Morgan fingerprint density at radius 3 is 2.33 bits per heavy atom. The Hall–Kier alpha value is -3.27. The molecule has 4 nitrogen and oxygen atoms in total. The number of fused-ring (bicyclic) bond motifs is 2. The maximum absolute atomic E-state index is 11.3. The Bertz CT molecular complexity index is 1070. The third-order valence-electron chi connectivity index (χ3n) is 4.14. The first kappa shape index (κ1) is 14.3. The van der Waals surface area contributed by atoms with Gasteiger partial charge in [0.1, 0.15) is 5.69 Å². The lowest BCUT2D eigenvalue weighted by molar-refractivity contribution is -0.673. The SMILES string of the molecule is O=C(O)C[n+]1ccc2ccccc2c1-c1nccc2ccccc12. The molecule has 0 amide bonds. The van der Waals surface area contributed by atoms with Gasteiger partial charge in [-0.15, -0.1) is 0 Å². The minimum Gasteiger partial charge on any atom is -0.477 e. The summed E-state index contributed by atoms with van der Waals surface area (Å²) < 4.78 is 1.75. The highest BCUT2D eigenvalue weighted by molar-refractivity contribution is 6.01. The van der Waals surface area contributed by atoms with Crippen LogP contribution in [0.1, 0.15) is 0 Å². The molecule has 0 unspecified atom stereocenters. The maximum atomic E-state index is 11.3. The molecule has 2 aromatic carbocycles. The lowest BCUT2D eigenvalue weighted by atomic mass is 10.0. The van der Waals surface area contributed by atoms with Crippen molar-refractivity contribution in [3.8, 4) is 11.4 Å². The summed E-state index contributed by atoms with van der Waals surface area (Å²) in [6.45, 7) is -0.106. The van der Waals surface area contributed by atoms with Gasteiger partial charge in [-0.05, 0) is 22.9 Å². The number of aliphatic carboxylic acids is 1. The summed E-state index contributed by atoms with van der Waals surface area (Å²) in [4.78, 5) is 15.9. The number of rotatable bonds is 3. The van der Waals surface area contributed by atoms with Crippen LogP contribution in [0.4, 0.5) is 0 Å². The van der Waals surface area contributed by atoms with E-state index in [4.69, 9.17) is 0 Å². The van der Waals surface area contributed by atoms with Gasteiger partial charge in [0.2, 0.25) is 12.2 Å². The van der Waals surface area contributed by atoms with Crippen molar-refractivity contribution >= 4 is 27.5 Å². The molecule has 4 heteroatoms. The van der Waals surface area contributed by atoms with Gasteiger partial charge < -0.3 is 5.11 Å². The molecule has 0 atom stereocenters. The second kappa shape index (κ2) is 5.74. The summed E-state index contributed by atoms with van der Waals surface area (Å²) in [5.74, 6) is -0.878. The highest BCUT2D eigenvalue weighted by atomic mass is 16.4. The fraction of sp³-hybridized carbons (Fsp3) is 0.0500. The van der Waals surface area contributed by atoms with E-state index in [9.17, 15) is 9.90 Å². The predicted octanol–water partition coefficient (Wildman–Crippen LogP) is 3.43. The molecular formula is C20H15N2O2+. The Kier molecular flexibility index (Phi) is 3.43. The molecule has 0 aliphatic heterocycles. The van der Waals surface area contributed by atoms with E-state index in [0.717, 1.165) is 32.9 Å². The molecule has 0 bridgehead atoms. The molecule has 2 aromatic heterocycles. The zero-order chi connectivity index (χ0) is 16.5. The molecule has 0 saturated heterocycles. The molecule has 0 saturated carbocycles. The highest BCUT2D eigenvalue weighted by Gasteiger charge is 2.22. The number of pyridine rings is 2. The second-order valence-corrected chi connectivity index (χ2v) is 5.65. The van der Waals surface area contributed by atoms with E-state index < -0.39 is 5.97 Å². The summed E-state index contributed by atoms with van der Waals surface area (Å²) in [6, 6.07) is 19.9. The van der Waals surface area contributed by atoms with Crippen molar-refractivity contribution in [2.45, 2.75) is 6.54 Å². The average Bonchev–Trinajstić information content (AvgIpc) is 2.61. The van der Waals surface area contributed by atoms with Gasteiger partial charge in [0.15, 0.2) is 6.20 Å². The minimum absolute atomic E-state index is 0.106. The number of carboxylic acids is 1. The van der Waals surface area contributed by atoms with Gasteiger partial charge in [-0.1, -0.05) is 42.5 Å². The van der Waals surface area contributed by atoms with E-state index >= 15 is 0 Å². The van der Waals surface area contributed by atoms with Crippen molar-refractivity contribution in [1.82, 2.24) is 4.98 Å². The molecule has 0 aliphatic carbocycles. The molecule has 0 fully saturated rings. The first-order valence-corrected chi connectivity index (χ1v) is 7.71. The quantitative estimate of drug-likeness (QED) is 0.589. The van der Waals surface area contributed by atoms with E-state index in [1.807, 2.05) is 66.9 Å². The van der Waals surface area contributed by atoms with Crippen LogP contribution in [0, 0.1) is 0 Å². The van der Waals surface area contributed by atoms with Crippen LogP contribution in [0.3, 0.4) is 0 Å². The standard InChI is InChI=1S/C20H14N2O2/c23-18(24)13-22-12-10-15-6-2-4-8-17(15)20(22)19-16-7-3-1-5-14(16)9-11-21-19/h1-12H,13H2/p+1. The molecule has 24 heavy (non-hydrogen) atoms. The van der Waals surface area contributed by atoms with Crippen LogP contribution in [-0.2, 0) is 11.3 Å². The van der Waals surface area contributed by atoms with E-state index in [1.165, 1.54) is 0 Å². The van der Waals surface area contributed by atoms with Crippen LogP contribution >= 0.6 is 0 Å². The minimum atomic E-state index is -0.878. The predicted molar refractivity (Wildman–Crippen MR) is 92.5 cm³/mol. The van der Waals surface area contributed by atoms with Crippen molar-refractivity contribution in [3.05, 3.63) is 73.1 Å². The van der Waals surface area contributed by atoms with Crippen molar-refractivity contribution < 1.29 is 14.5 Å². The molecule has 116 valence electrons. The van der Waals surface area contributed by atoms with Crippen molar-refractivity contribution in [3.63, 3.8) is 0 Å². The molecule has 1 N–H and O–H groups in total. The fourth-order valence-electron chi connectivity index (χ4n) is 3.11. The number of carbonyl (C=O) groups is 1. The van der Waals surface area contributed by atoms with Gasteiger partial charge in [0, 0.05) is 17.6 Å².